The lowest BCUT2D eigenvalue weighted by Gasteiger charge is -2.14. The minimum atomic E-state index is -0.465. The molecule has 0 aliphatic carbocycles. The number of amides is 1. The molecule has 0 radical (unpaired) electrons. The van der Waals surface area contributed by atoms with Gasteiger partial charge in [-0.05, 0) is 48.7 Å². The van der Waals surface area contributed by atoms with Crippen molar-refractivity contribution < 1.29 is 14.3 Å². The Morgan fingerprint density at radius 1 is 1.14 bits per heavy atom. The zero-order valence-corrected chi connectivity index (χ0v) is 16.2. The second-order valence-corrected chi connectivity index (χ2v) is 6.17. The lowest BCUT2D eigenvalue weighted by Crippen LogP contribution is -2.28. The number of ether oxygens (including phenoxy) is 1. The maximum Gasteiger partial charge on any atom is 0.337 e. The Bertz CT molecular complexity index is 894. The molecule has 0 heterocycles. The van der Waals surface area contributed by atoms with Gasteiger partial charge in [0.1, 0.15) is 11.6 Å². The Kier molecular flexibility index (Phi) is 7.35. The van der Waals surface area contributed by atoms with E-state index in [1.54, 1.807) is 24.3 Å². The maximum absolute atomic E-state index is 12.4. The predicted octanol–water partition coefficient (Wildman–Crippen LogP) is 3.73. The highest BCUT2D eigenvalue weighted by atomic mass is 16.5. The number of methoxy groups -OCH3 is 1. The molecule has 0 aliphatic rings. The second kappa shape index (κ2) is 9.93. The molecule has 2 rings (SSSR count). The Hall–Kier alpha value is -3.59. The Morgan fingerprint density at radius 2 is 1.79 bits per heavy atom. The summed E-state index contributed by atoms with van der Waals surface area (Å²) in [6, 6.07) is 16.2. The molecule has 2 N–H and O–H groups in total. The topological polar surface area (TPSA) is 91.2 Å². The van der Waals surface area contributed by atoms with Gasteiger partial charge in [-0.2, -0.15) is 5.26 Å². The van der Waals surface area contributed by atoms with Crippen LogP contribution in [0.3, 0.4) is 0 Å². The summed E-state index contributed by atoms with van der Waals surface area (Å²) in [7, 11) is 1.31. The molecule has 0 spiro atoms. The first-order valence-corrected chi connectivity index (χ1v) is 8.93. The van der Waals surface area contributed by atoms with Crippen LogP contribution in [-0.2, 0) is 16.0 Å². The average molecular weight is 377 g/mol. The van der Waals surface area contributed by atoms with Crippen LogP contribution in [0.4, 0.5) is 5.69 Å². The van der Waals surface area contributed by atoms with Gasteiger partial charge in [-0.15, -0.1) is 0 Å². The molecule has 0 saturated carbocycles. The van der Waals surface area contributed by atoms with Gasteiger partial charge in [0.2, 0.25) is 0 Å². The van der Waals surface area contributed by atoms with Gasteiger partial charge in [0, 0.05) is 11.9 Å². The molecular weight excluding hydrogens is 354 g/mol. The van der Waals surface area contributed by atoms with E-state index < -0.39 is 11.9 Å². The van der Waals surface area contributed by atoms with Crippen molar-refractivity contribution in [3.05, 3.63) is 77.0 Å². The van der Waals surface area contributed by atoms with E-state index in [1.165, 1.54) is 18.9 Å². The van der Waals surface area contributed by atoms with Crippen molar-refractivity contribution in [2.24, 2.45) is 0 Å². The first-order chi connectivity index (χ1) is 13.5. The number of carbonyl (C=O) groups is 2. The van der Waals surface area contributed by atoms with Crippen LogP contribution in [-0.4, -0.2) is 19.0 Å². The van der Waals surface area contributed by atoms with E-state index in [0.717, 1.165) is 12.0 Å². The number of nitrogens with zero attached hydrogens (tertiary/aromatic N) is 1. The van der Waals surface area contributed by atoms with Gasteiger partial charge >= 0.3 is 5.97 Å². The number of nitriles is 1. The van der Waals surface area contributed by atoms with Crippen molar-refractivity contribution in [2.45, 2.75) is 26.3 Å². The van der Waals surface area contributed by atoms with Crippen molar-refractivity contribution in [3.8, 4) is 6.07 Å². The van der Waals surface area contributed by atoms with Gasteiger partial charge < -0.3 is 15.4 Å². The van der Waals surface area contributed by atoms with E-state index in [0.29, 0.717) is 11.3 Å². The highest BCUT2D eigenvalue weighted by Gasteiger charge is 2.14. The quantitative estimate of drug-likeness (QED) is 0.436. The van der Waals surface area contributed by atoms with E-state index in [4.69, 9.17) is 0 Å². The molecule has 6 nitrogen and oxygen atoms in total. The first-order valence-electron chi connectivity index (χ1n) is 8.93. The van der Waals surface area contributed by atoms with Crippen molar-refractivity contribution >= 4 is 17.6 Å². The Balaban J connectivity index is 2.01. The lowest BCUT2D eigenvalue weighted by atomic mass is 10.0. The molecule has 1 amide bonds. The number of benzene rings is 2. The van der Waals surface area contributed by atoms with Crippen LogP contribution in [0, 0.1) is 11.3 Å². The summed E-state index contributed by atoms with van der Waals surface area (Å²) in [5.41, 5.74) is 3.19. The van der Waals surface area contributed by atoms with Crippen LogP contribution in [0.5, 0.6) is 0 Å². The van der Waals surface area contributed by atoms with Crippen LogP contribution in [0.1, 0.15) is 41.4 Å². The summed E-state index contributed by atoms with van der Waals surface area (Å²) in [4.78, 5) is 23.8. The largest absolute Gasteiger partial charge is 0.465 e. The molecule has 144 valence electrons. The smallest absolute Gasteiger partial charge is 0.337 e. The molecule has 2 aromatic rings. The molecule has 2 aromatic carbocycles. The van der Waals surface area contributed by atoms with E-state index >= 15 is 0 Å². The van der Waals surface area contributed by atoms with E-state index in [2.05, 4.69) is 22.3 Å². The van der Waals surface area contributed by atoms with Crippen LogP contribution in [0.2, 0.25) is 0 Å². The monoisotopic (exact) mass is 377 g/mol. The van der Waals surface area contributed by atoms with Gasteiger partial charge in [0.25, 0.3) is 5.91 Å². The molecule has 0 aromatic heterocycles. The Labute approximate surface area is 164 Å². The molecule has 1 unspecified atom stereocenters. The number of aryl methyl sites for hydroxylation is 1. The lowest BCUT2D eigenvalue weighted by molar-refractivity contribution is -0.117. The molecule has 0 bridgehead atoms. The van der Waals surface area contributed by atoms with Crippen LogP contribution >= 0.6 is 0 Å². The number of anilines is 1. The molecule has 28 heavy (non-hydrogen) atoms. The van der Waals surface area contributed by atoms with Gasteiger partial charge in [-0.1, -0.05) is 31.2 Å². The van der Waals surface area contributed by atoms with E-state index in [9.17, 15) is 14.9 Å². The summed E-state index contributed by atoms with van der Waals surface area (Å²) < 4.78 is 4.64. The fourth-order valence-electron chi connectivity index (χ4n) is 2.52. The minimum Gasteiger partial charge on any atom is -0.465 e. The second-order valence-electron chi connectivity index (χ2n) is 6.17. The number of rotatable bonds is 7. The standard InChI is InChI=1S/C22H23N3O3/c1-4-16-5-7-17(8-6-16)15(2)25-21(26)19(13-23)14-24-20-11-9-18(10-12-20)22(27)28-3/h5-12,14-15,24H,4H2,1-3H3,(H,25,26)/b19-14-. The molecular formula is C22H23N3O3. The fourth-order valence-corrected chi connectivity index (χ4v) is 2.52. The summed E-state index contributed by atoms with van der Waals surface area (Å²) in [5.74, 6) is -0.895. The van der Waals surface area contributed by atoms with Crippen LogP contribution in [0.25, 0.3) is 0 Å². The van der Waals surface area contributed by atoms with E-state index in [1.807, 2.05) is 37.3 Å². The zero-order valence-electron chi connectivity index (χ0n) is 16.2. The molecule has 0 aliphatic heterocycles. The number of carbonyl (C=O) groups excluding carboxylic acids is 2. The van der Waals surface area contributed by atoms with Crippen molar-refractivity contribution in [1.82, 2.24) is 5.32 Å². The maximum atomic E-state index is 12.4. The predicted molar refractivity (Wildman–Crippen MR) is 107 cm³/mol. The van der Waals surface area contributed by atoms with Crippen molar-refractivity contribution in [1.29, 1.82) is 5.26 Å². The zero-order chi connectivity index (χ0) is 20.5. The van der Waals surface area contributed by atoms with Gasteiger partial charge in [0.05, 0.1) is 18.7 Å². The SMILES string of the molecule is CCc1ccc(C(C)NC(=O)/C(C#N)=C\Nc2ccc(C(=O)OC)cc2)cc1. The number of nitrogens with one attached hydrogen (secondary N) is 2. The summed E-state index contributed by atoms with van der Waals surface area (Å²) in [5, 5.41) is 15.0. The third-order valence-electron chi connectivity index (χ3n) is 4.29. The average Bonchev–Trinajstić information content (AvgIpc) is 2.74. The summed E-state index contributed by atoms with van der Waals surface area (Å²) >= 11 is 0. The minimum absolute atomic E-state index is 0.0472. The van der Waals surface area contributed by atoms with Crippen LogP contribution in [0.15, 0.2) is 60.3 Å². The van der Waals surface area contributed by atoms with Crippen molar-refractivity contribution in [2.75, 3.05) is 12.4 Å². The van der Waals surface area contributed by atoms with Gasteiger partial charge in [-0.3, -0.25) is 4.79 Å². The molecule has 0 saturated heterocycles. The van der Waals surface area contributed by atoms with Crippen molar-refractivity contribution in [3.63, 3.8) is 0 Å². The summed E-state index contributed by atoms with van der Waals surface area (Å²) in [6.07, 6.45) is 2.30. The van der Waals surface area contributed by atoms with Gasteiger partial charge in [-0.25, -0.2) is 4.79 Å². The third-order valence-corrected chi connectivity index (χ3v) is 4.29. The third kappa shape index (κ3) is 5.45. The van der Waals surface area contributed by atoms with Crippen LogP contribution < -0.4 is 10.6 Å². The molecule has 0 fully saturated rings. The highest BCUT2D eigenvalue weighted by molar-refractivity contribution is 5.97. The number of hydrogen-bond donors (Lipinski definition) is 2. The molecule has 1 atom stereocenters. The number of hydrogen-bond acceptors (Lipinski definition) is 5. The highest BCUT2D eigenvalue weighted by Crippen LogP contribution is 2.15. The first kappa shape index (κ1) is 20.7. The molecule has 6 heteroatoms. The van der Waals surface area contributed by atoms with E-state index in [-0.39, 0.29) is 11.6 Å². The fraction of sp³-hybridized carbons (Fsp3) is 0.227. The van der Waals surface area contributed by atoms with Gasteiger partial charge in [0.15, 0.2) is 0 Å². The summed E-state index contributed by atoms with van der Waals surface area (Å²) in [6.45, 7) is 3.95. The Morgan fingerprint density at radius 3 is 2.32 bits per heavy atom. The normalized spacial score (nSPS) is 11.9. The number of esters is 1.